The highest BCUT2D eigenvalue weighted by atomic mass is 79.9. The van der Waals surface area contributed by atoms with Crippen molar-refractivity contribution < 1.29 is 4.39 Å². The molecule has 88 valence electrons. The van der Waals surface area contributed by atoms with Crippen molar-refractivity contribution in [2.45, 2.75) is 11.8 Å². The highest BCUT2D eigenvalue weighted by Gasteiger charge is 2.13. The third kappa shape index (κ3) is 2.96. The van der Waals surface area contributed by atoms with Crippen LogP contribution in [-0.4, -0.2) is 0 Å². The van der Waals surface area contributed by atoms with Crippen molar-refractivity contribution in [3.05, 3.63) is 69.4 Å². The maximum Gasteiger partial charge on any atom is 0.124 e. The van der Waals surface area contributed by atoms with Crippen LogP contribution in [0.1, 0.15) is 21.5 Å². The molecular formula is C14H11Br2F. The van der Waals surface area contributed by atoms with Crippen molar-refractivity contribution in [1.29, 1.82) is 0 Å². The minimum atomic E-state index is -0.232. The molecule has 0 aliphatic heterocycles. The molecule has 0 nitrogen and oxygen atoms in total. The Kier molecular flexibility index (Phi) is 4.00. The lowest BCUT2D eigenvalue weighted by Crippen LogP contribution is -1.94. The van der Waals surface area contributed by atoms with E-state index in [4.69, 9.17) is 0 Å². The van der Waals surface area contributed by atoms with E-state index in [0.29, 0.717) is 0 Å². The summed E-state index contributed by atoms with van der Waals surface area (Å²) in [7, 11) is 0. The number of benzene rings is 2. The van der Waals surface area contributed by atoms with Crippen molar-refractivity contribution in [3.63, 3.8) is 0 Å². The Labute approximate surface area is 117 Å². The fourth-order valence-electron chi connectivity index (χ4n) is 1.62. The first-order valence-electron chi connectivity index (χ1n) is 5.23. The molecule has 0 aliphatic carbocycles. The van der Waals surface area contributed by atoms with E-state index in [0.717, 1.165) is 15.6 Å². The molecule has 0 amide bonds. The molecule has 0 radical (unpaired) electrons. The molecule has 0 bridgehead atoms. The van der Waals surface area contributed by atoms with Gasteiger partial charge in [-0.3, -0.25) is 0 Å². The zero-order valence-corrected chi connectivity index (χ0v) is 12.4. The monoisotopic (exact) mass is 356 g/mol. The third-order valence-corrected chi connectivity index (χ3v) is 4.31. The lowest BCUT2D eigenvalue weighted by atomic mass is 10.0. The second-order valence-electron chi connectivity index (χ2n) is 3.94. The molecule has 2 aromatic rings. The van der Waals surface area contributed by atoms with E-state index in [1.54, 1.807) is 6.07 Å². The van der Waals surface area contributed by atoms with Gasteiger partial charge in [0.2, 0.25) is 0 Å². The van der Waals surface area contributed by atoms with Crippen LogP contribution in [0, 0.1) is 12.7 Å². The van der Waals surface area contributed by atoms with Crippen molar-refractivity contribution in [2.75, 3.05) is 0 Å². The van der Waals surface area contributed by atoms with Gasteiger partial charge >= 0.3 is 0 Å². The van der Waals surface area contributed by atoms with Crippen LogP contribution >= 0.6 is 31.9 Å². The zero-order valence-electron chi connectivity index (χ0n) is 9.25. The molecule has 0 fully saturated rings. The number of aryl methyl sites for hydroxylation is 1. The Morgan fingerprint density at radius 3 is 2.29 bits per heavy atom. The normalized spacial score (nSPS) is 12.5. The summed E-state index contributed by atoms with van der Waals surface area (Å²) in [5, 5.41) is 0. The molecule has 0 saturated carbocycles. The van der Waals surface area contributed by atoms with Crippen molar-refractivity contribution >= 4 is 31.9 Å². The summed E-state index contributed by atoms with van der Waals surface area (Å²) < 4.78 is 13.8. The van der Waals surface area contributed by atoms with Crippen molar-refractivity contribution in [3.8, 4) is 0 Å². The van der Waals surface area contributed by atoms with Gasteiger partial charge in [0.15, 0.2) is 0 Å². The van der Waals surface area contributed by atoms with Gasteiger partial charge in [0.25, 0.3) is 0 Å². The van der Waals surface area contributed by atoms with Crippen LogP contribution in [0.2, 0.25) is 0 Å². The van der Waals surface area contributed by atoms with Gasteiger partial charge in [-0.2, -0.15) is 0 Å². The van der Waals surface area contributed by atoms with Gasteiger partial charge in [0.05, 0.1) is 4.83 Å². The lowest BCUT2D eigenvalue weighted by Gasteiger charge is -2.13. The topological polar surface area (TPSA) is 0 Å². The molecule has 3 heteroatoms. The van der Waals surface area contributed by atoms with Crippen molar-refractivity contribution in [1.82, 2.24) is 0 Å². The first-order valence-corrected chi connectivity index (χ1v) is 6.94. The summed E-state index contributed by atoms with van der Waals surface area (Å²) in [4.78, 5) is 0.0677. The molecule has 17 heavy (non-hydrogen) atoms. The summed E-state index contributed by atoms with van der Waals surface area (Å²) in [5.41, 5.74) is 3.41. The lowest BCUT2D eigenvalue weighted by molar-refractivity contribution is 0.626. The quantitative estimate of drug-likeness (QED) is 0.633. The molecule has 0 heterocycles. The average Bonchev–Trinajstić information content (AvgIpc) is 2.29. The van der Waals surface area contributed by atoms with E-state index in [1.807, 2.05) is 0 Å². The van der Waals surface area contributed by atoms with E-state index >= 15 is 0 Å². The summed E-state index contributed by atoms with van der Waals surface area (Å²) in [6, 6.07) is 13.0. The molecule has 0 aliphatic rings. The van der Waals surface area contributed by atoms with Gasteiger partial charge in [-0.15, -0.1) is 0 Å². The molecule has 0 saturated heterocycles. The molecule has 2 rings (SSSR count). The summed E-state index contributed by atoms with van der Waals surface area (Å²) in [6.07, 6.45) is 0. The SMILES string of the molecule is Cc1ccc(C(Br)c2ccc(F)cc2Br)cc1. The third-order valence-electron chi connectivity index (χ3n) is 2.61. The fraction of sp³-hybridized carbons (Fsp3) is 0.143. The van der Waals surface area contributed by atoms with Crippen molar-refractivity contribution in [2.24, 2.45) is 0 Å². The van der Waals surface area contributed by atoms with Gasteiger partial charge in [0, 0.05) is 4.47 Å². The Bertz CT molecular complexity index is 520. The number of hydrogen-bond donors (Lipinski definition) is 0. The molecule has 1 unspecified atom stereocenters. The second-order valence-corrected chi connectivity index (χ2v) is 5.71. The summed E-state index contributed by atoms with van der Waals surface area (Å²) in [5.74, 6) is -0.232. The largest absolute Gasteiger partial charge is 0.207 e. The van der Waals surface area contributed by atoms with E-state index in [1.165, 1.54) is 17.7 Å². The van der Waals surface area contributed by atoms with Crippen LogP contribution in [0.15, 0.2) is 46.9 Å². The fourth-order valence-corrected chi connectivity index (χ4v) is 3.21. The van der Waals surface area contributed by atoms with E-state index in [-0.39, 0.29) is 10.6 Å². The Balaban J connectivity index is 2.36. The van der Waals surface area contributed by atoms with Gasteiger partial charge < -0.3 is 0 Å². The molecular weight excluding hydrogens is 347 g/mol. The highest BCUT2D eigenvalue weighted by molar-refractivity contribution is 9.11. The summed E-state index contributed by atoms with van der Waals surface area (Å²) >= 11 is 7.03. The van der Waals surface area contributed by atoms with E-state index < -0.39 is 0 Å². The standard InChI is InChI=1S/C14H11Br2F/c1-9-2-4-10(5-3-9)14(16)12-7-6-11(17)8-13(12)15/h2-8,14H,1H3. The van der Waals surface area contributed by atoms with Gasteiger partial charge in [0.1, 0.15) is 5.82 Å². The van der Waals surface area contributed by atoms with Crippen LogP contribution in [0.4, 0.5) is 4.39 Å². The maximum absolute atomic E-state index is 13.0. The first kappa shape index (κ1) is 12.8. The maximum atomic E-state index is 13.0. The van der Waals surface area contributed by atoms with E-state index in [9.17, 15) is 4.39 Å². The molecule has 0 N–H and O–H groups in total. The smallest absolute Gasteiger partial charge is 0.124 e. The Morgan fingerprint density at radius 1 is 1.06 bits per heavy atom. The minimum absolute atomic E-state index is 0.0677. The van der Waals surface area contributed by atoms with Gasteiger partial charge in [-0.25, -0.2) is 4.39 Å². The minimum Gasteiger partial charge on any atom is -0.207 e. The number of rotatable bonds is 2. The average molecular weight is 358 g/mol. The predicted molar refractivity (Wildman–Crippen MR) is 76.0 cm³/mol. The molecule has 0 aromatic heterocycles. The van der Waals surface area contributed by atoms with Gasteiger partial charge in [-0.1, -0.05) is 67.8 Å². The second kappa shape index (κ2) is 5.32. The Hall–Kier alpha value is -0.670. The highest BCUT2D eigenvalue weighted by Crippen LogP contribution is 2.35. The number of hydrogen-bond acceptors (Lipinski definition) is 0. The Morgan fingerprint density at radius 2 is 1.71 bits per heavy atom. The number of alkyl halides is 1. The molecule has 2 aromatic carbocycles. The molecule has 1 atom stereocenters. The van der Waals surface area contributed by atoms with Crippen LogP contribution in [0.5, 0.6) is 0 Å². The van der Waals surface area contributed by atoms with Crippen LogP contribution in [0.3, 0.4) is 0 Å². The van der Waals surface area contributed by atoms with Crippen LogP contribution in [0.25, 0.3) is 0 Å². The zero-order chi connectivity index (χ0) is 12.4. The summed E-state index contributed by atoms with van der Waals surface area (Å²) in [6.45, 7) is 2.06. The van der Waals surface area contributed by atoms with Crippen LogP contribution in [-0.2, 0) is 0 Å². The predicted octanol–water partition coefficient (Wildman–Crippen LogP) is 5.38. The van der Waals surface area contributed by atoms with Crippen LogP contribution < -0.4 is 0 Å². The van der Waals surface area contributed by atoms with E-state index in [2.05, 4.69) is 63.0 Å². The first-order chi connectivity index (χ1) is 8.08. The van der Waals surface area contributed by atoms with Gasteiger partial charge in [-0.05, 0) is 30.2 Å². The number of halogens is 3. The molecule has 0 spiro atoms.